The van der Waals surface area contributed by atoms with Gasteiger partial charge in [-0.1, -0.05) is 86.8 Å². The molecular formula is C30H41N3O2. The summed E-state index contributed by atoms with van der Waals surface area (Å²) in [6.45, 7) is 3.87. The van der Waals surface area contributed by atoms with Gasteiger partial charge < -0.3 is 11.1 Å². The highest BCUT2D eigenvalue weighted by Crippen LogP contribution is 2.19. The first-order chi connectivity index (χ1) is 17.1. The Morgan fingerprint density at radius 3 is 1.66 bits per heavy atom. The highest BCUT2D eigenvalue weighted by molar-refractivity contribution is 5.95. The molecule has 0 saturated carbocycles. The Labute approximate surface area is 211 Å². The first kappa shape index (κ1) is 29.6. The molecule has 1 aromatic heterocycles. The molecule has 1 aromatic rings. The topological polar surface area (TPSA) is 85.1 Å². The van der Waals surface area contributed by atoms with Crippen LogP contribution in [0.2, 0.25) is 0 Å². The monoisotopic (exact) mass is 475 g/mol. The molecule has 0 aliphatic heterocycles. The molecule has 0 radical (unpaired) electrons. The van der Waals surface area contributed by atoms with Crippen molar-refractivity contribution >= 4 is 17.5 Å². The van der Waals surface area contributed by atoms with Crippen LogP contribution in [-0.4, -0.2) is 16.8 Å². The summed E-state index contributed by atoms with van der Waals surface area (Å²) in [4.78, 5) is 28.3. The van der Waals surface area contributed by atoms with Gasteiger partial charge in [0, 0.05) is 24.0 Å². The third-order valence-corrected chi connectivity index (χ3v) is 5.32. The van der Waals surface area contributed by atoms with Crippen molar-refractivity contribution in [2.75, 3.05) is 5.32 Å². The van der Waals surface area contributed by atoms with Crippen molar-refractivity contribution in [3.63, 3.8) is 0 Å². The summed E-state index contributed by atoms with van der Waals surface area (Å²) in [5.74, 6) is -1.78. The molecule has 0 bridgehead atoms. The molecule has 2 amide bonds. The predicted octanol–water partition coefficient (Wildman–Crippen LogP) is 6.85. The average molecular weight is 476 g/mol. The number of rotatable bonds is 17. The fourth-order valence-electron chi connectivity index (χ4n) is 3.21. The Balaban J connectivity index is 2.24. The van der Waals surface area contributed by atoms with Gasteiger partial charge in [0.1, 0.15) is 0 Å². The quantitative estimate of drug-likeness (QED) is 0.242. The van der Waals surface area contributed by atoms with Crippen LogP contribution in [-0.2, 0) is 9.59 Å². The van der Waals surface area contributed by atoms with E-state index in [0.29, 0.717) is 12.1 Å². The lowest BCUT2D eigenvalue weighted by molar-refractivity contribution is -0.129. The molecule has 3 N–H and O–H groups in total. The SMILES string of the molecule is CCC=CCC=CCC=CCC=CCC=CCC=CCC(C(N)=O)[C@H](C)C(=O)Nc1ccncc1. The van der Waals surface area contributed by atoms with E-state index in [1.807, 2.05) is 12.2 Å². The summed E-state index contributed by atoms with van der Waals surface area (Å²) >= 11 is 0. The van der Waals surface area contributed by atoms with E-state index in [9.17, 15) is 9.59 Å². The smallest absolute Gasteiger partial charge is 0.228 e. The standard InChI is InChI=1S/C30H41N3O2/c1-3-4-5-6-7-8-9-10-11-12-13-14-15-16-17-18-19-20-21-28(29(31)34)26(2)30(35)33-27-22-24-32-25-23-27/h4-5,7-8,10-11,13-14,16-17,19-20,22-26,28H,3,6,9,12,15,18,21H2,1-2H3,(H2,31,34)(H,32,33,35)/t26-,28?/m0/s1. The van der Waals surface area contributed by atoms with E-state index in [2.05, 4.69) is 78.0 Å². The molecule has 188 valence electrons. The first-order valence-electron chi connectivity index (χ1n) is 12.5. The van der Waals surface area contributed by atoms with Crippen LogP contribution >= 0.6 is 0 Å². The normalized spacial score (nSPS) is 14.2. The number of carbonyl (C=O) groups is 2. The van der Waals surface area contributed by atoms with Crippen LogP contribution in [0.15, 0.2) is 97.4 Å². The summed E-state index contributed by atoms with van der Waals surface area (Å²) in [6.07, 6.45) is 34.9. The number of carbonyl (C=O) groups excluding carboxylic acids is 2. The summed E-state index contributed by atoms with van der Waals surface area (Å²) < 4.78 is 0. The third-order valence-electron chi connectivity index (χ3n) is 5.32. The number of aromatic nitrogens is 1. The van der Waals surface area contributed by atoms with Gasteiger partial charge in [0.2, 0.25) is 11.8 Å². The van der Waals surface area contributed by atoms with Crippen molar-refractivity contribution < 1.29 is 9.59 Å². The summed E-state index contributed by atoms with van der Waals surface area (Å²) in [6, 6.07) is 3.41. The van der Waals surface area contributed by atoms with Crippen molar-refractivity contribution in [1.82, 2.24) is 4.98 Å². The number of hydrogen-bond acceptors (Lipinski definition) is 3. The maximum Gasteiger partial charge on any atom is 0.228 e. The molecule has 0 spiro atoms. The number of nitrogens with two attached hydrogens (primary N) is 1. The van der Waals surface area contributed by atoms with Gasteiger partial charge in [-0.3, -0.25) is 14.6 Å². The van der Waals surface area contributed by atoms with Gasteiger partial charge in [0.05, 0.1) is 5.92 Å². The number of hydrogen-bond donors (Lipinski definition) is 2. The molecular weight excluding hydrogens is 434 g/mol. The average Bonchev–Trinajstić information content (AvgIpc) is 2.85. The fourth-order valence-corrected chi connectivity index (χ4v) is 3.21. The van der Waals surface area contributed by atoms with E-state index in [1.165, 1.54) is 0 Å². The molecule has 0 aromatic carbocycles. The number of allylic oxidation sites excluding steroid dienone is 12. The van der Waals surface area contributed by atoms with E-state index in [4.69, 9.17) is 5.73 Å². The third kappa shape index (κ3) is 15.1. The summed E-state index contributed by atoms with van der Waals surface area (Å²) in [5, 5.41) is 2.80. The summed E-state index contributed by atoms with van der Waals surface area (Å²) in [5.41, 5.74) is 6.20. The lowest BCUT2D eigenvalue weighted by Crippen LogP contribution is -2.35. The van der Waals surface area contributed by atoms with Crippen LogP contribution < -0.4 is 11.1 Å². The molecule has 5 heteroatoms. The van der Waals surface area contributed by atoms with Gasteiger partial charge in [-0.15, -0.1) is 0 Å². The maximum absolute atomic E-state index is 12.5. The second-order valence-electron chi connectivity index (χ2n) is 8.17. The minimum absolute atomic E-state index is 0.230. The number of nitrogens with zero attached hydrogens (tertiary/aromatic N) is 1. The van der Waals surface area contributed by atoms with Crippen LogP contribution in [0.25, 0.3) is 0 Å². The summed E-state index contributed by atoms with van der Waals surface area (Å²) in [7, 11) is 0. The zero-order valence-corrected chi connectivity index (χ0v) is 21.2. The molecule has 1 heterocycles. The highest BCUT2D eigenvalue weighted by atomic mass is 16.2. The second-order valence-corrected chi connectivity index (χ2v) is 8.17. The van der Waals surface area contributed by atoms with E-state index in [0.717, 1.165) is 38.5 Å². The molecule has 5 nitrogen and oxygen atoms in total. The largest absolute Gasteiger partial charge is 0.369 e. The number of pyridine rings is 1. The highest BCUT2D eigenvalue weighted by Gasteiger charge is 2.27. The van der Waals surface area contributed by atoms with Crippen molar-refractivity contribution in [3.8, 4) is 0 Å². The van der Waals surface area contributed by atoms with Crippen LogP contribution in [0.5, 0.6) is 0 Å². The van der Waals surface area contributed by atoms with Crippen molar-refractivity contribution in [2.45, 2.75) is 58.8 Å². The van der Waals surface area contributed by atoms with Crippen LogP contribution in [0.4, 0.5) is 5.69 Å². The minimum Gasteiger partial charge on any atom is -0.369 e. The zero-order valence-electron chi connectivity index (χ0n) is 21.2. The Kier molecular flexibility index (Phi) is 16.9. The van der Waals surface area contributed by atoms with Crippen LogP contribution in [0.3, 0.4) is 0 Å². The Hall–Kier alpha value is -3.47. The van der Waals surface area contributed by atoms with Gasteiger partial charge in [0.15, 0.2) is 0 Å². The van der Waals surface area contributed by atoms with Gasteiger partial charge in [0.25, 0.3) is 0 Å². The molecule has 35 heavy (non-hydrogen) atoms. The molecule has 0 aliphatic carbocycles. The van der Waals surface area contributed by atoms with Crippen LogP contribution in [0, 0.1) is 11.8 Å². The van der Waals surface area contributed by atoms with Crippen molar-refractivity contribution in [2.24, 2.45) is 17.6 Å². The van der Waals surface area contributed by atoms with Gasteiger partial charge >= 0.3 is 0 Å². The van der Waals surface area contributed by atoms with Gasteiger partial charge in [-0.05, 0) is 57.1 Å². The minimum atomic E-state index is -0.554. The maximum atomic E-state index is 12.5. The molecule has 1 rings (SSSR count). The Bertz CT molecular complexity index is 895. The van der Waals surface area contributed by atoms with E-state index in [-0.39, 0.29) is 5.91 Å². The zero-order chi connectivity index (χ0) is 25.6. The predicted molar refractivity (Wildman–Crippen MR) is 148 cm³/mol. The number of anilines is 1. The van der Waals surface area contributed by atoms with Crippen molar-refractivity contribution in [1.29, 1.82) is 0 Å². The lowest BCUT2D eigenvalue weighted by Gasteiger charge is -2.19. The van der Waals surface area contributed by atoms with Crippen LogP contribution in [0.1, 0.15) is 58.8 Å². The second kappa shape index (κ2) is 20.0. The molecule has 2 atom stereocenters. The lowest BCUT2D eigenvalue weighted by atomic mass is 9.89. The Morgan fingerprint density at radius 1 is 0.800 bits per heavy atom. The van der Waals surface area contributed by atoms with Crippen molar-refractivity contribution in [3.05, 3.63) is 97.4 Å². The first-order valence-corrected chi connectivity index (χ1v) is 12.5. The molecule has 0 saturated heterocycles. The molecule has 0 fully saturated rings. The van der Waals surface area contributed by atoms with E-state index < -0.39 is 17.7 Å². The molecule has 0 aliphatic rings. The van der Waals surface area contributed by atoms with Gasteiger partial charge in [-0.25, -0.2) is 0 Å². The fraction of sp³-hybridized carbons (Fsp3) is 0.367. The molecule has 1 unspecified atom stereocenters. The van der Waals surface area contributed by atoms with E-state index in [1.54, 1.807) is 31.5 Å². The van der Waals surface area contributed by atoms with E-state index >= 15 is 0 Å². The number of nitrogens with one attached hydrogen (secondary N) is 1. The Morgan fingerprint density at radius 2 is 1.23 bits per heavy atom. The number of amides is 2. The number of primary amides is 1. The van der Waals surface area contributed by atoms with Gasteiger partial charge in [-0.2, -0.15) is 0 Å².